The predicted molar refractivity (Wildman–Crippen MR) is 88.4 cm³/mol. The third-order valence-electron chi connectivity index (χ3n) is 4.80. The van der Waals surface area contributed by atoms with Crippen molar-refractivity contribution in [1.29, 1.82) is 0 Å². The van der Waals surface area contributed by atoms with Crippen LogP contribution in [0, 0.1) is 5.92 Å². The van der Waals surface area contributed by atoms with Gasteiger partial charge in [-0.2, -0.15) is 0 Å². The zero-order chi connectivity index (χ0) is 15.5. The lowest BCUT2D eigenvalue weighted by atomic mass is 10.0. The van der Waals surface area contributed by atoms with Crippen LogP contribution in [0.1, 0.15) is 19.3 Å². The summed E-state index contributed by atoms with van der Waals surface area (Å²) in [6, 6.07) is 7.53. The lowest BCUT2D eigenvalue weighted by molar-refractivity contribution is -0.121. The topological polar surface area (TPSA) is 32.8 Å². The molecule has 1 amide bonds. The zero-order valence-corrected chi connectivity index (χ0v) is 13.8. The number of anilines is 1. The van der Waals surface area contributed by atoms with Crippen molar-refractivity contribution >= 4 is 23.2 Å². The molecule has 0 bridgehead atoms. The summed E-state index contributed by atoms with van der Waals surface area (Å²) >= 11 is 5.92. The number of ether oxygens (including phenoxy) is 1. The number of halogens is 1. The summed E-state index contributed by atoms with van der Waals surface area (Å²) in [5, 5.41) is 0.702. The Morgan fingerprint density at radius 1 is 1.14 bits per heavy atom. The maximum atomic E-state index is 12.6. The number of rotatable bonds is 4. The first-order valence-corrected chi connectivity index (χ1v) is 8.37. The van der Waals surface area contributed by atoms with E-state index in [2.05, 4.69) is 4.90 Å². The van der Waals surface area contributed by atoms with Crippen LogP contribution in [0.4, 0.5) is 5.69 Å². The largest absolute Gasteiger partial charge is 0.381 e. The predicted octanol–water partition coefficient (Wildman–Crippen LogP) is 2.80. The first-order valence-electron chi connectivity index (χ1n) is 7.99. The third kappa shape index (κ3) is 3.45. The summed E-state index contributed by atoms with van der Waals surface area (Å²) in [4.78, 5) is 16.9. The van der Waals surface area contributed by atoms with E-state index in [1.165, 1.54) is 0 Å². The number of carbonyl (C=O) groups excluding carboxylic acids is 1. The van der Waals surface area contributed by atoms with Crippen LogP contribution < -0.4 is 4.90 Å². The van der Waals surface area contributed by atoms with Crippen molar-refractivity contribution in [2.45, 2.75) is 25.4 Å². The average molecular weight is 323 g/mol. The van der Waals surface area contributed by atoms with Gasteiger partial charge in [0.1, 0.15) is 0 Å². The molecule has 0 N–H and O–H groups in total. The zero-order valence-electron chi connectivity index (χ0n) is 13.0. The van der Waals surface area contributed by atoms with Gasteiger partial charge in [-0.15, -0.1) is 0 Å². The van der Waals surface area contributed by atoms with Crippen LogP contribution in [-0.4, -0.2) is 50.2 Å². The van der Waals surface area contributed by atoms with Gasteiger partial charge in [0.2, 0.25) is 5.91 Å². The van der Waals surface area contributed by atoms with Crippen LogP contribution in [0.25, 0.3) is 0 Å². The molecule has 2 fully saturated rings. The van der Waals surface area contributed by atoms with Crippen LogP contribution in [0.2, 0.25) is 5.02 Å². The highest BCUT2D eigenvalue weighted by Gasteiger charge is 2.34. The first-order chi connectivity index (χ1) is 10.7. The standard InChI is InChI=1S/C17H23ClN2O2/c1-22-16-7-9-19(10-8-16)12-13-6-11-20(17(13)21)15-4-2-14(18)3-5-15/h2-5,13,16H,6-12H2,1H3/t13-/m0/s1. The fourth-order valence-electron chi connectivity index (χ4n) is 3.42. The Labute approximate surface area is 137 Å². The summed E-state index contributed by atoms with van der Waals surface area (Å²) < 4.78 is 5.40. The highest BCUT2D eigenvalue weighted by atomic mass is 35.5. The lowest BCUT2D eigenvalue weighted by Crippen LogP contribution is -2.41. The molecule has 5 heteroatoms. The van der Waals surface area contributed by atoms with Gasteiger partial charge in [-0.3, -0.25) is 4.79 Å². The van der Waals surface area contributed by atoms with Crippen molar-refractivity contribution in [1.82, 2.24) is 4.90 Å². The molecule has 2 heterocycles. The Morgan fingerprint density at radius 2 is 1.82 bits per heavy atom. The van der Waals surface area contributed by atoms with Crippen molar-refractivity contribution in [2.75, 3.05) is 38.2 Å². The summed E-state index contributed by atoms with van der Waals surface area (Å²) in [5.74, 6) is 0.367. The molecular weight excluding hydrogens is 300 g/mol. The summed E-state index contributed by atoms with van der Waals surface area (Å²) in [5.41, 5.74) is 0.954. The van der Waals surface area contributed by atoms with Crippen molar-refractivity contribution < 1.29 is 9.53 Å². The number of carbonyl (C=O) groups is 1. The number of hydrogen-bond acceptors (Lipinski definition) is 3. The van der Waals surface area contributed by atoms with Crippen molar-refractivity contribution in [3.05, 3.63) is 29.3 Å². The minimum Gasteiger partial charge on any atom is -0.381 e. The highest BCUT2D eigenvalue weighted by molar-refractivity contribution is 6.30. The quantitative estimate of drug-likeness (QED) is 0.854. The molecule has 0 aliphatic carbocycles. The molecule has 120 valence electrons. The molecule has 0 radical (unpaired) electrons. The van der Waals surface area contributed by atoms with E-state index in [4.69, 9.17) is 16.3 Å². The first kappa shape index (κ1) is 15.8. The number of methoxy groups -OCH3 is 1. The van der Waals surface area contributed by atoms with E-state index in [0.717, 1.165) is 51.1 Å². The number of benzene rings is 1. The second-order valence-electron chi connectivity index (χ2n) is 6.19. The van der Waals surface area contributed by atoms with Crippen LogP contribution in [-0.2, 0) is 9.53 Å². The van der Waals surface area contributed by atoms with Gasteiger partial charge in [0, 0.05) is 44.0 Å². The van der Waals surface area contributed by atoms with Crippen LogP contribution in [0.15, 0.2) is 24.3 Å². The SMILES string of the molecule is COC1CCN(C[C@@H]2CCN(c3ccc(Cl)cc3)C2=O)CC1. The Balaban J connectivity index is 1.56. The molecule has 0 unspecified atom stereocenters. The van der Waals surface area contributed by atoms with Crippen LogP contribution in [0.5, 0.6) is 0 Å². The number of amides is 1. The van der Waals surface area contributed by atoms with Gasteiger partial charge >= 0.3 is 0 Å². The van der Waals surface area contributed by atoms with E-state index in [9.17, 15) is 4.79 Å². The van der Waals surface area contributed by atoms with Gasteiger partial charge in [-0.05, 0) is 43.5 Å². The number of piperidine rings is 1. The minimum absolute atomic E-state index is 0.120. The normalized spacial score (nSPS) is 24.2. The van der Waals surface area contributed by atoms with Gasteiger partial charge in [0.05, 0.1) is 12.0 Å². The molecule has 1 atom stereocenters. The van der Waals surface area contributed by atoms with E-state index in [1.807, 2.05) is 29.2 Å². The Morgan fingerprint density at radius 3 is 2.45 bits per heavy atom. The van der Waals surface area contributed by atoms with Gasteiger partial charge in [0.15, 0.2) is 0 Å². The van der Waals surface area contributed by atoms with Crippen LogP contribution >= 0.6 is 11.6 Å². The van der Waals surface area contributed by atoms with Crippen molar-refractivity contribution in [2.24, 2.45) is 5.92 Å². The maximum absolute atomic E-state index is 12.6. The van der Waals surface area contributed by atoms with Gasteiger partial charge in [-0.1, -0.05) is 11.6 Å². The molecule has 22 heavy (non-hydrogen) atoms. The highest BCUT2D eigenvalue weighted by Crippen LogP contribution is 2.27. The molecule has 4 nitrogen and oxygen atoms in total. The second kappa shape index (κ2) is 6.99. The van der Waals surface area contributed by atoms with E-state index in [0.29, 0.717) is 11.1 Å². The van der Waals surface area contributed by atoms with Crippen LogP contribution in [0.3, 0.4) is 0 Å². The molecule has 2 aliphatic rings. The molecule has 2 saturated heterocycles. The van der Waals surface area contributed by atoms with E-state index >= 15 is 0 Å². The molecule has 0 spiro atoms. The number of nitrogens with zero attached hydrogens (tertiary/aromatic N) is 2. The molecule has 3 rings (SSSR count). The Bertz CT molecular complexity index is 512. The maximum Gasteiger partial charge on any atom is 0.231 e. The summed E-state index contributed by atoms with van der Waals surface area (Å²) in [7, 11) is 1.78. The fourth-order valence-corrected chi connectivity index (χ4v) is 3.55. The molecular formula is C17H23ClN2O2. The van der Waals surface area contributed by atoms with E-state index < -0.39 is 0 Å². The molecule has 1 aromatic carbocycles. The molecule has 0 aromatic heterocycles. The number of hydrogen-bond donors (Lipinski definition) is 0. The second-order valence-corrected chi connectivity index (χ2v) is 6.62. The van der Waals surface area contributed by atoms with Gasteiger partial charge in [-0.25, -0.2) is 0 Å². The molecule has 0 saturated carbocycles. The molecule has 1 aromatic rings. The third-order valence-corrected chi connectivity index (χ3v) is 5.05. The van der Waals surface area contributed by atoms with Crippen molar-refractivity contribution in [3.63, 3.8) is 0 Å². The average Bonchev–Trinajstić information content (AvgIpc) is 2.90. The monoisotopic (exact) mass is 322 g/mol. The number of likely N-dealkylation sites (tertiary alicyclic amines) is 1. The van der Waals surface area contributed by atoms with Crippen molar-refractivity contribution in [3.8, 4) is 0 Å². The fraction of sp³-hybridized carbons (Fsp3) is 0.588. The summed E-state index contributed by atoms with van der Waals surface area (Å²) in [6.07, 6.45) is 3.46. The Hall–Kier alpha value is -1.10. The van der Waals surface area contributed by atoms with Gasteiger partial charge in [0.25, 0.3) is 0 Å². The van der Waals surface area contributed by atoms with E-state index in [-0.39, 0.29) is 11.8 Å². The Kier molecular flexibility index (Phi) is 5.01. The summed E-state index contributed by atoms with van der Waals surface area (Å²) in [6.45, 7) is 3.74. The molecule has 2 aliphatic heterocycles. The lowest BCUT2D eigenvalue weighted by Gasteiger charge is -2.32. The van der Waals surface area contributed by atoms with E-state index in [1.54, 1.807) is 7.11 Å². The van der Waals surface area contributed by atoms with Gasteiger partial charge < -0.3 is 14.5 Å². The minimum atomic E-state index is 0.120. The smallest absolute Gasteiger partial charge is 0.231 e.